The van der Waals surface area contributed by atoms with Crippen LogP contribution in [0.2, 0.25) is 0 Å². The van der Waals surface area contributed by atoms with Crippen molar-refractivity contribution in [1.82, 2.24) is 14.5 Å². The molecule has 3 aromatic rings. The summed E-state index contributed by atoms with van der Waals surface area (Å²) in [5.41, 5.74) is 0.710. The summed E-state index contributed by atoms with van der Waals surface area (Å²) in [6.07, 6.45) is 2.71. The number of hydrogen-bond acceptors (Lipinski definition) is 8. The lowest BCUT2D eigenvalue weighted by molar-refractivity contribution is 0.102. The highest BCUT2D eigenvalue weighted by atomic mass is 32.2. The van der Waals surface area contributed by atoms with Crippen molar-refractivity contribution >= 4 is 21.9 Å². The Balaban J connectivity index is 1.50. The number of piperidine rings is 1. The van der Waals surface area contributed by atoms with Crippen LogP contribution in [-0.4, -0.2) is 55.6 Å². The summed E-state index contributed by atoms with van der Waals surface area (Å²) in [5.74, 6) is 0.542. The molecule has 0 saturated carbocycles. The van der Waals surface area contributed by atoms with Crippen molar-refractivity contribution in [3.8, 4) is 23.0 Å². The SMILES string of the molecule is COc1cccc(OC)c1-c1nnc(NC(=O)c2ccc(S(=O)(=O)N3CCCCC3C)cc2)o1. The second kappa shape index (κ2) is 9.82. The molecule has 2 heterocycles. The van der Waals surface area contributed by atoms with E-state index in [1.165, 1.54) is 42.8 Å². The Labute approximate surface area is 197 Å². The summed E-state index contributed by atoms with van der Waals surface area (Å²) >= 11 is 0. The molecule has 1 N–H and O–H groups in total. The molecule has 4 rings (SSSR count). The van der Waals surface area contributed by atoms with Crippen LogP contribution in [0, 0.1) is 0 Å². The summed E-state index contributed by atoms with van der Waals surface area (Å²) in [6, 6.07) is 10.8. The van der Waals surface area contributed by atoms with Crippen LogP contribution in [0.3, 0.4) is 0 Å². The highest BCUT2D eigenvalue weighted by Gasteiger charge is 2.31. The minimum Gasteiger partial charge on any atom is -0.496 e. The molecular formula is C23H26N4O6S. The van der Waals surface area contributed by atoms with Crippen molar-refractivity contribution in [1.29, 1.82) is 0 Å². The predicted octanol–water partition coefficient (Wildman–Crippen LogP) is 3.57. The number of amides is 1. The predicted molar refractivity (Wildman–Crippen MR) is 124 cm³/mol. The van der Waals surface area contributed by atoms with Crippen LogP contribution >= 0.6 is 0 Å². The quantitative estimate of drug-likeness (QED) is 0.538. The standard InChI is InChI=1S/C23H26N4O6S/c1-15-7-4-5-14-27(15)34(29,30)17-12-10-16(11-13-17)21(28)24-23-26-25-22(33-23)20-18(31-2)8-6-9-19(20)32-3/h6,8-13,15H,4-5,7,14H2,1-3H3,(H,24,26,28). The summed E-state index contributed by atoms with van der Waals surface area (Å²) < 4.78 is 43.8. The molecule has 1 fully saturated rings. The second-order valence-electron chi connectivity index (χ2n) is 7.89. The number of benzene rings is 2. The maximum atomic E-state index is 13.0. The fourth-order valence-electron chi connectivity index (χ4n) is 3.95. The molecular weight excluding hydrogens is 460 g/mol. The van der Waals surface area contributed by atoms with Crippen LogP contribution < -0.4 is 14.8 Å². The molecule has 0 spiro atoms. The number of ether oxygens (including phenoxy) is 2. The summed E-state index contributed by atoms with van der Waals surface area (Å²) in [7, 11) is -0.602. The molecule has 1 aliphatic rings. The lowest BCUT2D eigenvalue weighted by Gasteiger charge is -2.32. The van der Waals surface area contributed by atoms with Crippen molar-refractivity contribution in [2.45, 2.75) is 37.1 Å². The van der Waals surface area contributed by atoms with E-state index in [-0.39, 0.29) is 28.4 Å². The number of aromatic nitrogens is 2. The van der Waals surface area contributed by atoms with Crippen molar-refractivity contribution in [2.75, 3.05) is 26.1 Å². The van der Waals surface area contributed by atoms with Gasteiger partial charge in [0, 0.05) is 18.2 Å². The first-order chi connectivity index (χ1) is 16.3. The molecule has 10 nitrogen and oxygen atoms in total. The Bertz CT molecular complexity index is 1250. The molecule has 1 amide bonds. The smallest absolute Gasteiger partial charge is 0.322 e. The van der Waals surface area contributed by atoms with E-state index in [2.05, 4.69) is 15.5 Å². The zero-order valence-electron chi connectivity index (χ0n) is 19.1. The van der Waals surface area contributed by atoms with Gasteiger partial charge in [-0.25, -0.2) is 8.42 Å². The van der Waals surface area contributed by atoms with E-state index < -0.39 is 15.9 Å². The Morgan fingerprint density at radius 3 is 2.35 bits per heavy atom. The fourth-order valence-corrected chi connectivity index (χ4v) is 5.65. The number of carbonyl (C=O) groups excluding carboxylic acids is 1. The van der Waals surface area contributed by atoms with E-state index in [0.717, 1.165) is 19.3 Å². The van der Waals surface area contributed by atoms with Crippen LogP contribution in [-0.2, 0) is 10.0 Å². The summed E-state index contributed by atoms with van der Waals surface area (Å²) in [4.78, 5) is 12.8. The maximum absolute atomic E-state index is 13.0. The Morgan fingerprint density at radius 1 is 1.06 bits per heavy atom. The van der Waals surface area contributed by atoms with Gasteiger partial charge in [0.05, 0.1) is 19.1 Å². The van der Waals surface area contributed by atoms with Gasteiger partial charge in [-0.2, -0.15) is 4.31 Å². The van der Waals surface area contributed by atoms with Crippen molar-refractivity contribution in [3.05, 3.63) is 48.0 Å². The molecule has 34 heavy (non-hydrogen) atoms. The van der Waals surface area contributed by atoms with Gasteiger partial charge in [0.15, 0.2) is 0 Å². The van der Waals surface area contributed by atoms with Gasteiger partial charge >= 0.3 is 6.01 Å². The topological polar surface area (TPSA) is 124 Å². The number of rotatable bonds is 7. The van der Waals surface area contributed by atoms with Gasteiger partial charge in [-0.15, -0.1) is 5.10 Å². The minimum absolute atomic E-state index is 0.0460. The van der Waals surface area contributed by atoms with Crippen molar-refractivity contribution < 1.29 is 27.1 Å². The zero-order chi connectivity index (χ0) is 24.3. The van der Waals surface area contributed by atoms with E-state index in [0.29, 0.717) is 23.6 Å². The van der Waals surface area contributed by atoms with Gasteiger partial charge < -0.3 is 13.9 Å². The third kappa shape index (κ3) is 4.62. The Kier molecular flexibility index (Phi) is 6.85. The number of anilines is 1. The molecule has 1 atom stereocenters. The zero-order valence-corrected chi connectivity index (χ0v) is 20.0. The third-order valence-corrected chi connectivity index (χ3v) is 7.78. The molecule has 1 unspecified atom stereocenters. The summed E-state index contributed by atoms with van der Waals surface area (Å²) in [6.45, 7) is 2.42. The number of methoxy groups -OCH3 is 2. The Morgan fingerprint density at radius 2 is 1.74 bits per heavy atom. The number of hydrogen-bond donors (Lipinski definition) is 1. The monoisotopic (exact) mass is 486 g/mol. The minimum atomic E-state index is -3.62. The average molecular weight is 487 g/mol. The lowest BCUT2D eigenvalue weighted by atomic mass is 10.1. The van der Waals surface area contributed by atoms with E-state index in [9.17, 15) is 13.2 Å². The molecule has 11 heteroatoms. The van der Waals surface area contributed by atoms with E-state index >= 15 is 0 Å². The first-order valence-electron chi connectivity index (χ1n) is 10.8. The normalized spacial score (nSPS) is 16.7. The van der Waals surface area contributed by atoms with E-state index in [1.54, 1.807) is 18.2 Å². The molecule has 0 radical (unpaired) electrons. The van der Waals surface area contributed by atoms with Gasteiger partial charge in [-0.1, -0.05) is 17.6 Å². The highest BCUT2D eigenvalue weighted by molar-refractivity contribution is 7.89. The van der Waals surface area contributed by atoms with Gasteiger partial charge in [0.1, 0.15) is 17.1 Å². The lowest BCUT2D eigenvalue weighted by Crippen LogP contribution is -2.41. The Hall–Kier alpha value is -3.44. The van der Waals surface area contributed by atoms with Gasteiger partial charge in [0.2, 0.25) is 10.0 Å². The number of nitrogens with one attached hydrogen (secondary N) is 1. The van der Waals surface area contributed by atoms with Crippen LogP contribution in [0.15, 0.2) is 51.8 Å². The van der Waals surface area contributed by atoms with Gasteiger partial charge in [0.25, 0.3) is 11.8 Å². The molecule has 2 aromatic carbocycles. The third-order valence-electron chi connectivity index (χ3n) is 5.75. The molecule has 1 aliphatic heterocycles. The largest absolute Gasteiger partial charge is 0.496 e. The van der Waals surface area contributed by atoms with Crippen LogP contribution in [0.5, 0.6) is 11.5 Å². The average Bonchev–Trinajstić information content (AvgIpc) is 3.31. The first kappa shape index (κ1) is 23.7. The first-order valence-corrected chi connectivity index (χ1v) is 12.3. The number of nitrogens with zero attached hydrogens (tertiary/aromatic N) is 3. The van der Waals surface area contributed by atoms with Crippen LogP contribution in [0.25, 0.3) is 11.5 Å². The molecule has 1 saturated heterocycles. The van der Waals surface area contributed by atoms with Gasteiger partial charge in [-0.3, -0.25) is 10.1 Å². The maximum Gasteiger partial charge on any atom is 0.322 e. The van der Waals surface area contributed by atoms with E-state index in [4.69, 9.17) is 13.9 Å². The van der Waals surface area contributed by atoms with Crippen molar-refractivity contribution in [2.24, 2.45) is 0 Å². The molecule has 0 aliphatic carbocycles. The van der Waals surface area contributed by atoms with Gasteiger partial charge in [-0.05, 0) is 56.2 Å². The highest BCUT2D eigenvalue weighted by Crippen LogP contribution is 2.37. The molecule has 0 bridgehead atoms. The second-order valence-corrected chi connectivity index (χ2v) is 9.78. The number of carbonyl (C=O) groups is 1. The van der Waals surface area contributed by atoms with Crippen molar-refractivity contribution in [3.63, 3.8) is 0 Å². The molecule has 180 valence electrons. The number of sulfonamides is 1. The van der Waals surface area contributed by atoms with Crippen LogP contribution in [0.1, 0.15) is 36.5 Å². The van der Waals surface area contributed by atoms with E-state index in [1.807, 2.05) is 6.92 Å². The molecule has 1 aromatic heterocycles. The van der Waals surface area contributed by atoms with Crippen LogP contribution in [0.4, 0.5) is 6.01 Å². The summed E-state index contributed by atoms with van der Waals surface area (Å²) in [5, 5.41) is 10.4. The fraction of sp³-hybridized carbons (Fsp3) is 0.348.